The number of rotatable bonds is 18. The van der Waals surface area contributed by atoms with Gasteiger partial charge in [0, 0.05) is 0 Å². The fraction of sp³-hybridized carbons (Fsp3) is 0. The lowest BCUT2D eigenvalue weighted by atomic mass is 14.0. The van der Waals surface area contributed by atoms with Crippen molar-refractivity contribution in [3.8, 4) is 0 Å². The van der Waals surface area contributed by atoms with Gasteiger partial charge in [0.2, 0.25) is 0 Å². The van der Waals surface area contributed by atoms with Gasteiger partial charge in [-0.3, -0.25) is 54.6 Å². The van der Waals surface area contributed by atoms with Gasteiger partial charge < -0.3 is 160 Å². The summed E-state index contributed by atoms with van der Waals surface area (Å²) in [5.74, 6) is 0. The Hall–Kier alpha value is -2.60. The molecule has 90 N–H and O–H groups in total. The molecule has 0 aliphatic heterocycles. The number of hydrogen-bond acceptors (Lipinski definition) is 62. The summed E-state index contributed by atoms with van der Waals surface area (Å²) in [6.07, 6.45) is 0. The molecule has 0 aromatic rings. The molecule has 0 amide bonds. The third-order valence-electron chi connectivity index (χ3n) is 1.20. The fourth-order valence-corrected chi connectivity index (χ4v) is 3.79. The second kappa shape index (κ2) is 82.4. The Morgan fingerprint density at radius 2 is 0.128 bits per heavy atom. The molecule has 0 radical (unpaired) electrons. The first kappa shape index (κ1) is 214. The van der Waals surface area contributed by atoms with Crippen LogP contribution in [0.3, 0.4) is 0 Å². The molecule has 0 aliphatic carbocycles. The first-order valence-electron chi connectivity index (χ1n) is 9.19. The van der Waals surface area contributed by atoms with E-state index >= 15 is 0 Å². The van der Waals surface area contributed by atoms with E-state index in [1.54, 1.807) is 0 Å². The van der Waals surface area contributed by atoms with Gasteiger partial charge in [0.05, 0.1) is 0 Å². The van der Waals surface area contributed by atoms with Crippen molar-refractivity contribution in [1.29, 1.82) is 0 Å². The van der Waals surface area contributed by atoms with E-state index in [9.17, 15) is 101 Å². The zero-order valence-corrected chi connectivity index (χ0v) is 53.1. The molecule has 0 bridgehead atoms. The maximum atomic E-state index is 9.51. The minimum absolute atomic E-state index is 0. The van der Waals surface area contributed by atoms with Crippen molar-refractivity contribution in [1.82, 2.24) is 160 Å². The smallest absolute Gasteiger partial charge is 0.344 e. The van der Waals surface area contributed by atoms with Crippen LogP contribution in [-0.2, 0) is 177 Å². The zero-order valence-electron chi connectivity index (χ0n) is 43.3. The normalized spacial score (nSPS) is 9.35. The van der Waals surface area contributed by atoms with E-state index in [1.807, 2.05) is 0 Å². The molecule has 0 saturated carbocycles. The Bertz CT molecular complexity index is 2030. The molecule has 0 spiro atoms. The minimum atomic E-state index is -5.02. The Morgan fingerprint density at radius 3 is 0.140 bits per heavy atom. The van der Waals surface area contributed by atoms with Crippen LogP contribution in [0.2, 0.25) is 0 Å². The molecule has 86 heavy (non-hydrogen) atoms. The monoisotopic (exact) mass is 1610 g/mol. The maximum Gasteiger partial charge on any atom is 0.425 e. The third-order valence-corrected chi connectivity index (χ3v) is 4.60. The van der Waals surface area contributed by atoms with Crippen molar-refractivity contribution < 1.29 is 208 Å². The average molecular weight is 1610 g/mol. The van der Waals surface area contributed by atoms with Crippen LogP contribution in [-0.4, -0.2) is 156 Å². The molecule has 0 atom stereocenters. The quantitative estimate of drug-likeness (QED) is 0.0349. The van der Waals surface area contributed by atoms with E-state index in [1.165, 1.54) is 0 Å². The summed E-state index contributed by atoms with van der Waals surface area (Å²) in [4.78, 5) is 0. The molecule has 0 heterocycles. The zero-order chi connectivity index (χ0) is 50.5. The van der Waals surface area contributed by atoms with Crippen LogP contribution < -0.4 is 160 Å². The highest BCUT2D eigenvalue weighted by atomic mass is 32.3. The Labute approximate surface area is 490 Å². The van der Waals surface area contributed by atoms with Crippen LogP contribution in [0, 0.1) is 0 Å². The van der Waals surface area contributed by atoms with Crippen LogP contribution in [0.5, 0.6) is 0 Å². The van der Waals surface area contributed by atoms with Gasteiger partial charge in [-0.1, -0.05) is 52.0 Å². The predicted octanol–water partition coefficient (Wildman–Crippen LogP) is -4.55. The lowest BCUT2D eigenvalue weighted by Gasteiger charge is -1.92. The van der Waals surface area contributed by atoms with Crippen molar-refractivity contribution in [2.24, 2.45) is 0 Å². The summed E-state index contributed by atoms with van der Waals surface area (Å²) < 4.78 is 353. The highest BCUT2D eigenvalue weighted by molar-refractivity contribution is 7.85. The molecule has 580 valence electrons. The van der Waals surface area contributed by atoms with Gasteiger partial charge >= 0.3 is 125 Å². The first-order chi connectivity index (χ1) is 25.2. The predicted molar refractivity (Wildman–Crippen MR) is 282 cm³/mol. The standard InChI is InChI=1S/26H3N.6H2O8S2/c;;;;;;;;;;;;;;;;;;;;;;;;;;6*1-9(2,3)7-8-10(4,5)6/h26*1H3;6*(H,1,2,3)(H,4,5,6). The molecule has 0 saturated heterocycles. The van der Waals surface area contributed by atoms with Gasteiger partial charge in [-0.25, -0.2) is 0 Å². The Balaban J connectivity index is -0.0000000128. The summed E-state index contributed by atoms with van der Waals surface area (Å²) in [6, 6.07) is 0. The molecule has 0 unspecified atom stereocenters. The SMILES string of the molecule is N.N.N.N.N.N.N.N.N.N.N.N.N.N.N.N.N.N.N.N.N.N.N.N.N.N.O=S(=O)(O)OOS(=O)(=O)O.O=S(=O)(O)OOS(=O)(=O)O.O=S(=O)(O)OOS(=O)(=O)O.O=S(=O)(O)OOS(=O)(=O)O.O=S(=O)(O)OOS(=O)(=O)O.O=S(=O)(O)OOS(=O)(=O)O. The van der Waals surface area contributed by atoms with E-state index in [0.29, 0.717) is 0 Å². The molecule has 74 nitrogen and oxygen atoms in total. The summed E-state index contributed by atoms with van der Waals surface area (Å²) in [5, 5.41) is 0. The second-order valence-electron chi connectivity index (χ2n) is 5.95. The average Bonchev–Trinajstić information content (AvgIpc) is 2.89. The van der Waals surface area contributed by atoms with Crippen LogP contribution in [0.1, 0.15) is 0 Å². The lowest BCUT2D eigenvalue weighted by Crippen LogP contribution is -2.10. The van der Waals surface area contributed by atoms with E-state index in [2.05, 4.69) is 52.0 Å². The van der Waals surface area contributed by atoms with Gasteiger partial charge in [-0.05, 0) is 0 Å². The van der Waals surface area contributed by atoms with Crippen molar-refractivity contribution in [3.63, 3.8) is 0 Å². The summed E-state index contributed by atoms with van der Waals surface area (Å²) in [6.45, 7) is 0. The first-order valence-corrected chi connectivity index (χ1v) is 25.6. The van der Waals surface area contributed by atoms with Crippen LogP contribution >= 0.6 is 0 Å². The summed E-state index contributed by atoms with van der Waals surface area (Å²) >= 11 is 0. The van der Waals surface area contributed by atoms with Crippen LogP contribution in [0.15, 0.2) is 0 Å². The molecule has 0 aromatic heterocycles. The third kappa shape index (κ3) is 339. The number of hydrogen-bond donors (Lipinski definition) is 38. The van der Waals surface area contributed by atoms with E-state index in [0.717, 1.165) is 0 Å². The second-order valence-corrected chi connectivity index (χ2v) is 17.8. The molecule has 0 fully saturated rings. The highest BCUT2D eigenvalue weighted by Crippen LogP contribution is 1.96. The molecule has 86 heteroatoms. The van der Waals surface area contributed by atoms with E-state index < -0.39 is 125 Å². The molecule has 0 aromatic carbocycles. The Kier molecular flexibility index (Phi) is 205. The van der Waals surface area contributed by atoms with Crippen molar-refractivity contribution >= 4 is 125 Å². The van der Waals surface area contributed by atoms with Crippen molar-refractivity contribution in [3.05, 3.63) is 0 Å². The maximum absolute atomic E-state index is 9.51. The van der Waals surface area contributed by atoms with Gasteiger partial charge in [-0.2, -0.15) is 101 Å². The van der Waals surface area contributed by atoms with Gasteiger partial charge in [0.25, 0.3) is 0 Å². The van der Waals surface area contributed by atoms with Gasteiger partial charge in [0.15, 0.2) is 0 Å². The molecule has 0 rings (SSSR count). The van der Waals surface area contributed by atoms with Crippen molar-refractivity contribution in [2.75, 3.05) is 0 Å². The molecular formula is H90N26O48S12. The topological polar surface area (TPSA) is 1670 Å². The van der Waals surface area contributed by atoms with E-state index in [4.69, 9.17) is 54.6 Å². The summed E-state index contributed by atoms with van der Waals surface area (Å²) in [5.41, 5.74) is 0. The van der Waals surface area contributed by atoms with Crippen LogP contribution in [0.25, 0.3) is 0 Å². The lowest BCUT2D eigenvalue weighted by molar-refractivity contribution is -0.105. The highest BCUT2D eigenvalue weighted by Gasteiger charge is 2.17. The van der Waals surface area contributed by atoms with Gasteiger partial charge in [-0.15, -0.1) is 0 Å². The molecule has 0 aliphatic rings. The largest absolute Gasteiger partial charge is 0.425 e. The molecular weight excluding hydrogens is 1520 g/mol. The summed E-state index contributed by atoms with van der Waals surface area (Å²) in [7, 11) is -60.2. The fourth-order valence-electron chi connectivity index (χ4n) is 0.421. The minimum Gasteiger partial charge on any atom is -0.344 e. The Morgan fingerprint density at radius 1 is 0.105 bits per heavy atom. The van der Waals surface area contributed by atoms with Crippen molar-refractivity contribution in [2.45, 2.75) is 0 Å². The van der Waals surface area contributed by atoms with Gasteiger partial charge in [0.1, 0.15) is 0 Å². The van der Waals surface area contributed by atoms with E-state index in [-0.39, 0.29) is 160 Å². The van der Waals surface area contributed by atoms with Crippen LogP contribution in [0.4, 0.5) is 0 Å².